The van der Waals surface area contributed by atoms with Crippen molar-refractivity contribution in [2.45, 2.75) is 19.8 Å². The van der Waals surface area contributed by atoms with E-state index in [1.165, 1.54) is 19.2 Å². The Morgan fingerprint density at radius 2 is 2.07 bits per heavy atom. The Bertz CT molecular complexity index is 1090. The molecule has 0 aliphatic carbocycles. The van der Waals surface area contributed by atoms with Gasteiger partial charge in [-0.05, 0) is 49.2 Å². The minimum Gasteiger partial charge on any atom is -0.494 e. The molecule has 0 atom stereocenters. The van der Waals surface area contributed by atoms with Crippen LogP contribution in [-0.4, -0.2) is 30.5 Å². The van der Waals surface area contributed by atoms with Gasteiger partial charge in [-0.1, -0.05) is 0 Å². The fourth-order valence-electron chi connectivity index (χ4n) is 3.58. The molecule has 0 radical (unpaired) electrons. The Morgan fingerprint density at radius 1 is 1.25 bits per heavy atom. The minimum absolute atomic E-state index is 0.0655. The lowest BCUT2D eigenvalue weighted by Crippen LogP contribution is -2.24. The number of carbonyl (C=O) groups excluding carboxylic acids is 2. The molecule has 2 amide bonds. The topological polar surface area (TPSA) is 74.4 Å². The number of carbonyl (C=O) groups is 2. The Morgan fingerprint density at radius 3 is 2.79 bits per heavy atom. The van der Waals surface area contributed by atoms with Gasteiger partial charge in [-0.25, -0.2) is 4.39 Å². The summed E-state index contributed by atoms with van der Waals surface area (Å²) in [5, 5.41) is 3.61. The summed E-state index contributed by atoms with van der Waals surface area (Å²) in [7, 11) is 1.53. The van der Waals surface area contributed by atoms with Crippen LogP contribution in [0.3, 0.4) is 0 Å². The first-order chi connectivity index (χ1) is 13.5. The van der Waals surface area contributed by atoms with E-state index in [0.29, 0.717) is 41.3 Å². The number of aryl methyl sites for hydroxylation is 1. The van der Waals surface area contributed by atoms with E-state index >= 15 is 0 Å². The second-order valence-electron chi connectivity index (χ2n) is 6.86. The molecule has 2 heterocycles. The molecule has 3 aromatic rings. The molecule has 2 aromatic carbocycles. The molecule has 0 spiro atoms. The number of hydrogen-bond donors (Lipinski definition) is 2. The molecule has 1 aliphatic rings. The van der Waals surface area contributed by atoms with Crippen LogP contribution in [0.25, 0.3) is 10.9 Å². The standard InChI is InChI=1S/C21H20FN3O3/c1-12-8-13(22)9-16-15(12)11-17(24-16)21(27)23-14-5-6-18(19(10-14)28-2)25-7-3-4-20(25)26/h5-6,8-11,24H,3-4,7H2,1-2H3,(H,23,27). The van der Waals surface area contributed by atoms with Crippen LogP contribution >= 0.6 is 0 Å². The van der Waals surface area contributed by atoms with Gasteiger partial charge in [0.2, 0.25) is 5.91 Å². The number of benzene rings is 2. The zero-order chi connectivity index (χ0) is 19.8. The summed E-state index contributed by atoms with van der Waals surface area (Å²) in [4.78, 5) is 29.3. The molecule has 1 aromatic heterocycles. The highest BCUT2D eigenvalue weighted by Crippen LogP contribution is 2.34. The maximum absolute atomic E-state index is 13.6. The predicted molar refractivity (Wildman–Crippen MR) is 106 cm³/mol. The summed E-state index contributed by atoms with van der Waals surface area (Å²) in [5.41, 5.74) is 2.90. The molecule has 1 aliphatic heterocycles. The van der Waals surface area contributed by atoms with E-state index in [1.807, 2.05) is 0 Å². The van der Waals surface area contributed by atoms with Crippen molar-refractivity contribution in [1.82, 2.24) is 4.98 Å². The lowest BCUT2D eigenvalue weighted by molar-refractivity contribution is -0.117. The van der Waals surface area contributed by atoms with Crippen LogP contribution in [0.5, 0.6) is 5.75 Å². The normalized spacial score (nSPS) is 14.0. The molecule has 0 saturated carbocycles. The number of halogens is 1. The predicted octanol–water partition coefficient (Wildman–Crippen LogP) is 4.00. The molecule has 4 rings (SSSR count). The SMILES string of the molecule is COc1cc(NC(=O)c2cc3c(C)cc(F)cc3[nH]2)ccc1N1CCCC1=O. The number of ether oxygens (including phenoxy) is 1. The van der Waals surface area contributed by atoms with Gasteiger partial charge in [0.25, 0.3) is 5.91 Å². The fraction of sp³-hybridized carbons (Fsp3) is 0.238. The number of fused-ring (bicyclic) bond motifs is 1. The first-order valence-electron chi connectivity index (χ1n) is 9.05. The van der Waals surface area contributed by atoms with E-state index < -0.39 is 0 Å². The van der Waals surface area contributed by atoms with Crippen LogP contribution in [0.1, 0.15) is 28.9 Å². The zero-order valence-corrected chi connectivity index (χ0v) is 15.6. The van der Waals surface area contributed by atoms with Crippen LogP contribution in [0, 0.1) is 12.7 Å². The third-order valence-electron chi connectivity index (χ3n) is 4.96. The van der Waals surface area contributed by atoms with Gasteiger partial charge < -0.3 is 19.9 Å². The molecule has 0 unspecified atom stereocenters. The summed E-state index contributed by atoms with van der Waals surface area (Å²) in [6.07, 6.45) is 1.35. The molecular weight excluding hydrogens is 361 g/mol. The van der Waals surface area contributed by atoms with Gasteiger partial charge in [-0.3, -0.25) is 9.59 Å². The second kappa shape index (κ2) is 6.99. The van der Waals surface area contributed by atoms with Gasteiger partial charge in [0, 0.05) is 35.6 Å². The number of methoxy groups -OCH3 is 1. The molecule has 28 heavy (non-hydrogen) atoms. The quantitative estimate of drug-likeness (QED) is 0.717. The Balaban J connectivity index is 1.59. The van der Waals surface area contributed by atoms with Gasteiger partial charge in [0.05, 0.1) is 12.8 Å². The van der Waals surface area contributed by atoms with Gasteiger partial charge in [-0.15, -0.1) is 0 Å². The van der Waals surface area contributed by atoms with Crippen molar-refractivity contribution in [3.05, 3.63) is 53.5 Å². The highest BCUT2D eigenvalue weighted by molar-refractivity contribution is 6.06. The van der Waals surface area contributed by atoms with Crippen molar-refractivity contribution >= 4 is 34.1 Å². The van der Waals surface area contributed by atoms with E-state index in [9.17, 15) is 14.0 Å². The van der Waals surface area contributed by atoms with E-state index in [0.717, 1.165) is 17.4 Å². The Labute approximate surface area is 161 Å². The van der Waals surface area contributed by atoms with Crippen molar-refractivity contribution in [3.8, 4) is 5.75 Å². The molecule has 6 nitrogen and oxygen atoms in total. The summed E-state index contributed by atoms with van der Waals surface area (Å²) in [5.74, 6) is -0.114. The number of hydrogen-bond acceptors (Lipinski definition) is 3. The van der Waals surface area contributed by atoms with Gasteiger partial charge in [0.1, 0.15) is 17.3 Å². The molecule has 1 fully saturated rings. The smallest absolute Gasteiger partial charge is 0.272 e. The molecule has 144 valence electrons. The van der Waals surface area contributed by atoms with Crippen LogP contribution in [0.15, 0.2) is 36.4 Å². The maximum atomic E-state index is 13.6. The number of nitrogens with zero attached hydrogens (tertiary/aromatic N) is 1. The molecule has 0 bridgehead atoms. The number of aromatic nitrogens is 1. The first kappa shape index (κ1) is 18.0. The van der Waals surface area contributed by atoms with Crippen molar-refractivity contribution in [2.75, 3.05) is 23.9 Å². The van der Waals surface area contributed by atoms with Gasteiger partial charge >= 0.3 is 0 Å². The first-order valence-corrected chi connectivity index (χ1v) is 9.05. The summed E-state index contributed by atoms with van der Waals surface area (Å²) >= 11 is 0. The molecule has 2 N–H and O–H groups in total. The van der Waals surface area contributed by atoms with Crippen LogP contribution in [0.2, 0.25) is 0 Å². The number of nitrogens with one attached hydrogen (secondary N) is 2. The number of rotatable bonds is 4. The van der Waals surface area contributed by atoms with Crippen molar-refractivity contribution in [1.29, 1.82) is 0 Å². The monoisotopic (exact) mass is 381 g/mol. The number of aromatic amines is 1. The zero-order valence-electron chi connectivity index (χ0n) is 15.6. The van der Waals surface area contributed by atoms with Gasteiger partial charge in [0.15, 0.2) is 0 Å². The molecular formula is C21H20FN3O3. The van der Waals surface area contributed by atoms with Gasteiger partial charge in [-0.2, -0.15) is 0 Å². The summed E-state index contributed by atoms with van der Waals surface area (Å²) in [6.45, 7) is 2.45. The lowest BCUT2D eigenvalue weighted by atomic mass is 10.1. The average Bonchev–Trinajstić information content (AvgIpc) is 3.28. The Kier molecular flexibility index (Phi) is 4.50. The number of amides is 2. The van der Waals surface area contributed by atoms with Crippen LogP contribution < -0.4 is 15.0 Å². The largest absolute Gasteiger partial charge is 0.494 e. The van der Waals surface area contributed by atoms with E-state index in [4.69, 9.17) is 4.74 Å². The van der Waals surface area contributed by atoms with E-state index in [-0.39, 0.29) is 17.6 Å². The average molecular weight is 381 g/mol. The summed E-state index contributed by atoms with van der Waals surface area (Å²) in [6, 6.07) is 9.68. The highest BCUT2D eigenvalue weighted by atomic mass is 19.1. The van der Waals surface area contributed by atoms with E-state index in [2.05, 4.69) is 10.3 Å². The third-order valence-corrected chi connectivity index (χ3v) is 4.96. The van der Waals surface area contributed by atoms with Crippen LogP contribution in [-0.2, 0) is 4.79 Å². The highest BCUT2D eigenvalue weighted by Gasteiger charge is 2.24. The van der Waals surface area contributed by atoms with Crippen LogP contribution in [0.4, 0.5) is 15.8 Å². The number of H-pyrrole nitrogens is 1. The third kappa shape index (κ3) is 3.19. The number of anilines is 2. The molecule has 7 heteroatoms. The van der Waals surface area contributed by atoms with E-state index in [1.54, 1.807) is 36.1 Å². The Hall–Kier alpha value is -3.35. The minimum atomic E-state index is -0.351. The fourth-order valence-corrected chi connectivity index (χ4v) is 3.58. The van der Waals surface area contributed by atoms with Crippen molar-refractivity contribution in [2.24, 2.45) is 0 Å². The van der Waals surface area contributed by atoms with Crippen molar-refractivity contribution in [3.63, 3.8) is 0 Å². The second-order valence-corrected chi connectivity index (χ2v) is 6.86. The van der Waals surface area contributed by atoms with Crippen molar-refractivity contribution < 1.29 is 18.7 Å². The molecule has 1 saturated heterocycles. The summed E-state index contributed by atoms with van der Waals surface area (Å²) < 4.78 is 19.0. The maximum Gasteiger partial charge on any atom is 0.272 e. The lowest BCUT2D eigenvalue weighted by Gasteiger charge is -2.19.